The third kappa shape index (κ3) is 4.97. The number of hydrogen-bond donors (Lipinski definition) is 2. The van der Waals surface area contributed by atoms with Gasteiger partial charge in [-0.1, -0.05) is 0 Å². The molecule has 1 aromatic heterocycles. The molecule has 2 atom stereocenters. The minimum Gasteiger partial charge on any atom is -0.340 e. The number of rotatable bonds is 5. The smallest absolute Gasteiger partial charge is 0.315 e. The van der Waals surface area contributed by atoms with Crippen molar-refractivity contribution < 1.29 is 9.59 Å². The molecule has 2 unspecified atom stereocenters. The van der Waals surface area contributed by atoms with Gasteiger partial charge in [-0.25, -0.2) is 4.79 Å². The van der Waals surface area contributed by atoms with E-state index in [2.05, 4.69) is 22.7 Å². The summed E-state index contributed by atoms with van der Waals surface area (Å²) in [5.74, 6) is 0.123. The average Bonchev–Trinajstić information content (AvgIpc) is 2.94. The molecule has 1 aromatic rings. The van der Waals surface area contributed by atoms with Crippen LogP contribution in [-0.2, 0) is 11.8 Å². The number of amides is 3. The Morgan fingerprint density at radius 2 is 2.22 bits per heavy atom. The van der Waals surface area contributed by atoms with Crippen LogP contribution in [0.25, 0.3) is 0 Å². The van der Waals surface area contributed by atoms with Gasteiger partial charge < -0.3 is 15.5 Å². The fraction of sp³-hybridized carbons (Fsp3) is 0.688. The molecule has 2 heterocycles. The van der Waals surface area contributed by atoms with Gasteiger partial charge in [-0.15, -0.1) is 0 Å². The molecule has 0 aromatic carbocycles. The van der Waals surface area contributed by atoms with E-state index in [1.807, 2.05) is 25.1 Å². The minimum absolute atomic E-state index is 0.123. The summed E-state index contributed by atoms with van der Waals surface area (Å²) in [4.78, 5) is 26.0. The molecular weight excluding hydrogens is 294 g/mol. The van der Waals surface area contributed by atoms with Crippen molar-refractivity contribution in [3.8, 4) is 0 Å². The molecule has 7 nitrogen and oxygen atoms in total. The lowest BCUT2D eigenvalue weighted by molar-refractivity contribution is -0.134. The third-order valence-corrected chi connectivity index (χ3v) is 4.32. The van der Waals surface area contributed by atoms with Crippen LogP contribution in [0.15, 0.2) is 12.4 Å². The maximum absolute atomic E-state index is 12.2. The predicted octanol–water partition coefficient (Wildman–Crippen LogP) is 1.57. The van der Waals surface area contributed by atoms with Gasteiger partial charge in [-0.3, -0.25) is 9.48 Å². The highest BCUT2D eigenvalue weighted by molar-refractivity contribution is 5.78. The highest BCUT2D eigenvalue weighted by Gasteiger charge is 2.22. The van der Waals surface area contributed by atoms with Gasteiger partial charge in [0.1, 0.15) is 0 Å². The number of aryl methyl sites for hydroxylation is 1. The predicted molar refractivity (Wildman–Crippen MR) is 87.8 cm³/mol. The maximum atomic E-state index is 12.2. The van der Waals surface area contributed by atoms with Crippen LogP contribution in [-0.4, -0.2) is 45.8 Å². The minimum atomic E-state index is -0.263. The molecule has 128 valence electrons. The normalized spacial score (nSPS) is 19.3. The molecule has 1 saturated heterocycles. The van der Waals surface area contributed by atoms with Crippen LogP contribution in [0.2, 0.25) is 0 Å². The number of hydrogen-bond acceptors (Lipinski definition) is 3. The van der Waals surface area contributed by atoms with Crippen molar-refractivity contribution in [2.24, 2.45) is 7.05 Å². The summed E-state index contributed by atoms with van der Waals surface area (Å²) in [6, 6.07) is -0.0713. The first-order valence-corrected chi connectivity index (χ1v) is 8.29. The van der Waals surface area contributed by atoms with Crippen LogP contribution in [0.3, 0.4) is 0 Å². The number of piperidine rings is 1. The van der Waals surface area contributed by atoms with E-state index >= 15 is 0 Å². The number of nitrogens with one attached hydrogen (secondary N) is 2. The largest absolute Gasteiger partial charge is 0.340 e. The van der Waals surface area contributed by atoms with Crippen molar-refractivity contribution >= 4 is 11.9 Å². The van der Waals surface area contributed by atoms with E-state index in [0.29, 0.717) is 19.0 Å². The lowest BCUT2D eigenvalue weighted by atomic mass is 10.0. The highest BCUT2D eigenvalue weighted by atomic mass is 16.2. The first-order valence-electron chi connectivity index (χ1n) is 8.29. The summed E-state index contributed by atoms with van der Waals surface area (Å²) in [7, 11) is 1.84. The Kier molecular flexibility index (Phi) is 6.01. The fourth-order valence-electron chi connectivity index (χ4n) is 2.89. The van der Waals surface area contributed by atoms with E-state index in [-0.39, 0.29) is 18.0 Å². The fourth-order valence-corrected chi connectivity index (χ4v) is 2.89. The van der Waals surface area contributed by atoms with Crippen molar-refractivity contribution in [1.29, 1.82) is 0 Å². The third-order valence-electron chi connectivity index (χ3n) is 4.32. The van der Waals surface area contributed by atoms with Crippen molar-refractivity contribution in [1.82, 2.24) is 25.3 Å². The molecule has 0 radical (unpaired) electrons. The second-order valence-corrected chi connectivity index (χ2v) is 6.25. The van der Waals surface area contributed by atoms with Crippen molar-refractivity contribution in [2.75, 3.05) is 13.1 Å². The zero-order valence-corrected chi connectivity index (χ0v) is 14.2. The van der Waals surface area contributed by atoms with E-state index in [1.165, 1.54) is 6.42 Å². The molecule has 1 fully saturated rings. The molecule has 0 saturated carbocycles. The van der Waals surface area contributed by atoms with Crippen LogP contribution in [0.5, 0.6) is 0 Å². The van der Waals surface area contributed by atoms with Crippen molar-refractivity contribution in [3.63, 3.8) is 0 Å². The zero-order valence-electron chi connectivity index (χ0n) is 14.2. The molecule has 0 spiro atoms. The molecular formula is C16H27N5O2. The lowest BCUT2D eigenvalue weighted by Gasteiger charge is -2.33. The van der Waals surface area contributed by atoms with Crippen LogP contribution in [0.1, 0.15) is 51.1 Å². The van der Waals surface area contributed by atoms with Gasteiger partial charge in [0, 0.05) is 44.4 Å². The standard InChI is InChI=1S/C16H27N5O2/c1-12-6-4-5-9-21(12)15(22)7-8-17-16(23)19-13(2)14-10-18-20(3)11-14/h10-13H,4-9H2,1-3H3,(H2,17,19,23). The first-order chi connectivity index (χ1) is 11.0. The molecule has 2 rings (SSSR count). The lowest BCUT2D eigenvalue weighted by Crippen LogP contribution is -2.44. The summed E-state index contributed by atoms with van der Waals surface area (Å²) in [6.07, 6.45) is 7.28. The van der Waals surface area contributed by atoms with Gasteiger partial charge in [0.25, 0.3) is 0 Å². The Morgan fingerprint density at radius 1 is 1.43 bits per heavy atom. The average molecular weight is 321 g/mol. The Balaban J connectivity index is 1.69. The van der Waals surface area contributed by atoms with Crippen molar-refractivity contribution in [3.05, 3.63) is 18.0 Å². The van der Waals surface area contributed by atoms with Gasteiger partial charge in [0.05, 0.1) is 12.2 Å². The molecule has 2 N–H and O–H groups in total. The van der Waals surface area contributed by atoms with Crippen LogP contribution >= 0.6 is 0 Å². The van der Waals surface area contributed by atoms with E-state index in [4.69, 9.17) is 0 Å². The molecule has 1 aliphatic rings. The number of carbonyl (C=O) groups is 2. The van der Waals surface area contributed by atoms with Crippen molar-refractivity contribution in [2.45, 2.75) is 51.6 Å². The maximum Gasteiger partial charge on any atom is 0.315 e. The Bertz CT molecular complexity index is 542. The topological polar surface area (TPSA) is 79.3 Å². The van der Waals surface area contributed by atoms with Crippen LogP contribution in [0.4, 0.5) is 4.79 Å². The monoisotopic (exact) mass is 321 g/mol. The van der Waals surface area contributed by atoms with Gasteiger partial charge in [-0.05, 0) is 33.1 Å². The van der Waals surface area contributed by atoms with Gasteiger partial charge >= 0.3 is 6.03 Å². The second kappa shape index (κ2) is 7.99. The van der Waals surface area contributed by atoms with Crippen LogP contribution < -0.4 is 10.6 Å². The Labute approximate surface area is 137 Å². The Morgan fingerprint density at radius 3 is 2.87 bits per heavy atom. The quantitative estimate of drug-likeness (QED) is 0.864. The number of urea groups is 1. The van der Waals surface area contributed by atoms with Gasteiger partial charge in [0.2, 0.25) is 5.91 Å². The molecule has 7 heteroatoms. The molecule has 0 bridgehead atoms. The van der Waals surface area contributed by atoms with Gasteiger partial charge in [0.15, 0.2) is 0 Å². The highest BCUT2D eigenvalue weighted by Crippen LogP contribution is 2.17. The number of carbonyl (C=O) groups excluding carboxylic acids is 2. The summed E-state index contributed by atoms with van der Waals surface area (Å²) < 4.78 is 1.70. The summed E-state index contributed by atoms with van der Waals surface area (Å²) in [6.45, 7) is 5.18. The Hall–Kier alpha value is -2.05. The van der Waals surface area contributed by atoms with E-state index in [0.717, 1.165) is 24.9 Å². The zero-order chi connectivity index (χ0) is 16.8. The summed E-state index contributed by atoms with van der Waals surface area (Å²) in [5, 5.41) is 9.68. The molecule has 3 amide bonds. The van der Waals surface area contributed by atoms with E-state index < -0.39 is 0 Å². The van der Waals surface area contributed by atoms with E-state index in [9.17, 15) is 9.59 Å². The van der Waals surface area contributed by atoms with Crippen LogP contribution in [0, 0.1) is 0 Å². The number of aromatic nitrogens is 2. The second-order valence-electron chi connectivity index (χ2n) is 6.25. The molecule has 23 heavy (non-hydrogen) atoms. The number of nitrogens with zero attached hydrogens (tertiary/aromatic N) is 3. The number of likely N-dealkylation sites (tertiary alicyclic amines) is 1. The molecule has 0 aliphatic carbocycles. The van der Waals surface area contributed by atoms with Gasteiger partial charge in [-0.2, -0.15) is 5.10 Å². The first kappa shape index (κ1) is 17.3. The summed E-state index contributed by atoms with van der Waals surface area (Å²) in [5.41, 5.74) is 0.945. The SMILES string of the molecule is CC(NC(=O)NCCC(=O)N1CCCCC1C)c1cnn(C)c1. The van der Waals surface area contributed by atoms with E-state index in [1.54, 1.807) is 10.9 Å². The molecule has 1 aliphatic heterocycles. The summed E-state index contributed by atoms with van der Waals surface area (Å²) >= 11 is 0.